The third kappa shape index (κ3) is 8.35. The molecule has 0 radical (unpaired) electrons. The van der Waals surface area contributed by atoms with Crippen LogP contribution in [0.5, 0.6) is 5.75 Å². The second-order valence-corrected chi connectivity index (χ2v) is 8.70. The second-order valence-electron chi connectivity index (χ2n) is 8.70. The fraction of sp³-hybridized carbons (Fsp3) is 0.276. The Bertz CT molecular complexity index is 1260. The maximum absolute atomic E-state index is 13.2. The lowest BCUT2D eigenvalue weighted by Crippen LogP contribution is -2.26. The number of hydrogen-bond acceptors (Lipinski definition) is 3. The fourth-order valence-electron chi connectivity index (χ4n) is 3.78. The van der Waals surface area contributed by atoms with Gasteiger partial charge in [0.05, 0.1) is 11.1 Å². The second kappa shape index (κ2) is 12.4. The molecule has 0 bridgehead atoms. The Morgan fingerprint density at radius 2 is 1.44 bits per heavy atom. The average Bonchev–Trinajstić information content (AvgIpc) is 2.88. The lowest BCUT2D eigenvalue weighted by atomic mass is 9.97. The molecular weight excluding hydrogens is 526 g/mol. The molecule has 0 aliphatic heterocycles. The Morgan fingerprint density at radius 3 is 1.92 bits per heavy atom. The number of rotatable bonds is 10. The average molecular weight is 553 g/mol. The van der Waals surface area contributed by atoms with Gasteiger partial charge in [0.2, 0.25) is 0 Å². The third-order valence-electron chi connectivity index (χ3n) is 5.89. The van der Waals surface area contributed by atoms with Gasteiger partial charge in [0.25, 0.3) is 0 Å². The van der Waals surface area contributed by atoms with Gasteiger partial charge in [0, 0.05) is 13.0 Å². The van der Waals surface area contributed by atoms with Crippen LogP contribution in [0, 0.1) is 0 Å². The largest absolute Gasteiger partial charge is 0.490 e. The molecule has 0 saturated carbocycles. The van der Waals surface area contributed by atoms with Gasteiger partial charge in [-0.3, -0.25) is 0 Å². The molecule has 0 spiro atoms. The van der Waals surface area contributed by atoms with Crippen molar-refractivity contribution in [2.45, 2.75) is 38.7 Å². The highest BCUT2D eigenvalue weighted by molar-refractivity contribution is 5.73. The molecule has 3 aromatic rings. The van der Waals surface area contributed by atoms with Gasteiger partial charge < -0.3 is 14.6 Å². The minimum absolute atomic E-state index is 0.103. The molecule has 3 aromatic carbocycles. The van der Waals surface area contributed by atoms with E-state index in [9.17, 15) is 36.2 Å². The summed E-state index contributed by atoms with van der Waals surface area (Å²) in [7, 11) is 0. The summed E-state index contributed by atoms with van der Waals surface area (Å²) < 4.78 is 90.0. The van der Waals surface area contributed by atoms with E-state index in [0.717, 1.165) is 16.7 Å². The summed E-state index contributed by atoms with van der Waals surface area (Å²) in [5, 5.41) is 9.20. The van der Waals surface area contributed by atoms with Crippen LogP contribution in [0.25, 0.3) is 16.7 Å². The zero-order valence-corrected chi connectivity index (χ0v) is 21.1. The highest BCUT2D eigenvalue weighted by Crippen LogP contribution is 2.38. The van der Waals surface area contributed by atoms with Gasteiger partial charge in [-0.05, 0) is 78.1 Å². The molecule has 39 heavy (non-hydrogen) atoms. The number of carboxylic acids is 1. The van der Waals surface area contributed by atoms with Crippen molar-refractivity contribution in [3.8, 4) is 16.9 Å². The molecule has 0 aliphatic carbocycles. The van der Waals surface area contributed by atoms with E-state index >= 15 is 0 Å². The summed E-state index contributed by atoms with van der Waals surface area (Å²) in [6.07, 6.45) is -8.76. The van der Waals surface area contributed by atoms with Crippen LogP contribution in [-0.2, 0) is 28.3 Å². The van der Waals surface area contributed by atoms with E-state index in [1.54, 1.807) is 56.3 Å². The molecule has 4 nitrogen and oxygen atoms in total. The fourth-order valence-corrected chi connectivity index (χ4v) is 3.78. The summed E-state index contributed by atoms with van der Waals surface area (Å²) >= 11 is 0. The normalized spacial score (nSPS) is 13.3. The first-order chi connectivity index (χ1) is 18.3. The molecule has 0 heterocycles. The van der Waals surface area contributed by atoms with Gasteiger partial charge in [-0.1, -0.05) is 36.4 Å². The zero-order chi connectivity index (χ0) is 28.8. The summed E-state index contributed by atoms with van der Waals surface area (Å²) in [5.74, 6) is -0.474. The minimum Gasteiger partial charge on any atom is -0.490 e. The first-order valence-corrected chi connectivity index (χ1v) is 11.9. The summed E-state index contributed by atoms with van der Waals surface area (Å²) in [5.41, 5.74) is -0.419. The molecule has 3 rings (SSSR count). The zero-order valence-electron chi connectivity index (χ0n) is 21.1. The lowest BCUT2D eigenvalue weighted by Gasteiger charge is -2.14. The highest BCUT2D eigenvalue weighted by Gasteiger charge is 2.37. The van der Waals surface area contributed by atoms with Crippen molar-refractivity contribution in [1.29, 1.82) is 0 Å². The third-order valence-corrected chi connectivity index (χ3v) is 5.89. The maximum atomic E-state index is 13.2. The van der Waals surface area contributed by atoms with E-state index in [4.69, 9.17) is 9.47 Å². The van der Waals surface area contributed by atoms with Crippen LogP contribution < -0.4 is 4.74 Å². The summed E-state index contributed by atoms with van der Waals surface area (Å²) in [4.78, 5) is 11.2. The SMILES string of the molecule is CCO[C@@H](Cc1ccc(OC/C=C(\C)c2ccc(-c3cc(C(F)(F)F)cc(C(F)(F)F)c3)cc2)cc1)C(=O)O. The predicted molar refractivity (Wildman–Crippen MR) is 134 cm³/mol. The smallest absolute Gasteiger partial charge is 0.416 e. The molecule has 0 fully saturated rings. The van der Waals surface area contributed by atoms with Crippen molar-refractivity contribution < 1.29 is 45.7 Å². The maximum Gasteiger partial charge on any atom is 0.416 e. The molecule has 0 aromatic heterocycles. The molecule has 0 unspecified atom stereocenters. The number of allylic oxidation sites excluding steroid dienone is 1. The molecule has 0 saturated heterocycles. The van der Waals surface area contributed by atoms with Gasteiger partial charge in [-0.2, -0.15) is 26.3 Å². The Labute approximate surface area is 221 Å². The van der Waals surface area contributed by atoms with Crippen molar-refractivity contribution in [1.82, 2.24) is 0 Å². The molecular formula is C29H26F6O4. The standard InChI is InChI=1S/C29H26F6O4/c1-3-38-26(27(36)37)14-19-4-10-25(11-5-19)39-13-12-18(2)20-6-8-21(9-7-20)22-15-23(28(30,31)32)17-24(16-22)29(33,34)35/h4-12,15-17,26H,3,13-14H2,1-2H3,(H,36,37)/b18-12+/t26-/m0/s1. The number of alkyl halides is 6. The molecule has 10 heteroatoms. The van der Waals surface area contributed by atoms with Crippen molar-refractivity contribution >= 4 is 11.5 Å². The monoisotopic (exact) mass is 552 g/mol. The number of hydrogen-bond donors (Lipinski definition) is 1. The number of ether oxygens (including phenoxy) is 2. The van der Waals surface area contributed by atoms with E-state index in [2.05, 4.69) is 0 Å². The van der Waals surface area contributed by atoms with Gasteiger partial charge >= 0.3 is 18.3 Å². The number of benzene rings is 3. The van der Waals surface area contributed by atoms with Crippen LogP contribution in [0.15, 0.2) is 72.8 Å². The van der Waals surface area contributed by atoms with Gasteiger partial charge in [0.1, 0.15) is 12.4 Å². The van der Waals surface area contributed by atoms with Crippen LogP contribution in [0.4, 0.5) is 26.3 Å². The van der Waals surface area contributed by atoms with E-state index in [1.807, 2.05) is 0 Å². The van der Waals surface area contributed by atoms with E-state index in [0.29, 0.717) is 17.9 Å². The summed E-state index contributed by atoms with van der Waals surface area (Å²) in [6.45, 7) is 4.01. The first-order valence-electron chi connectivity index (χ1n) is 11.9. The van der Waals surface area contributed by atoms with Gasteiger partial charge in [0.15, 0.2) is 6.10 Å². The highest BCUT2D eigenvalue weighted by atomic mass is 19.4. The van der Waals surface area contributed by atoms with E-state index in [1.165, 1.54) is 12.1 Å². The van der Waals surface area contributed by atoms with Crippen LogP contribution in [0.2, 0.25) is 0 Å². The molecule has 1 N–H and O–H groups in total. The number of carboxylic acid groups (broad SMARTS) is 1. The van der Waals surface area contributed by atoms with Crippen LogP contribution in [-0.4, -0.2) is 30.4 Å². The molecule has 1 atom stereocenters. The molecule has 0 amide bonds. The van der Waals surface area contributed by atoms with Gasteiger partial charge in [-0.15, -0.1) is 0 Å². The molecule has 0 aliphatic rings. The van der Waals surface area contributed by atoms with Crippen molar-refractivity contribution in [2.75, 3.05) is 13.2 Å². The van der Waals surface area contributed by atoms with Crippen LogP contribution in [0.1, 0.15) is 36.1 Å². The first kappa shape index (κ1) is 29.8. The quantitative estimate of drug-likeness (QED) is 0.260. The Kier molecular flexibility index (Phi) is 9.45. The number of aliphatic carboxylic acids is 1. The Balaban J connectivity index is 1.67. The van der Waals surface area contributed by atoms with Crippen molar-refractivity contribution in [3.63, 3.8) is 0 Å². The van der Waals surface area contributed by atoms with Crippen molar-refractivity contribution in [2.24, 2.45) is 0 Å². The topological polar surface area (TPSA) is 55.8 Å². The number of halogens is 6. The molecule has 208 valence electrons. The van der Waals surface area contributed by atoms with E-state index in [-0.39, 0.29) is 36.8 Å². The van der Waals surface area contributed by atoms with Gasteiger partial charge in [-0.25, -0.2) is 4.79 Å². The Morgan fingerprint density at radius 1 is 0.872 bits per heavy atom. The summed E-state index contributed by atoms with van der Waals surface area (Å²) in [6, 6.07) is 14.6. The number of carbonyl (C=O) groups is 1. The van der Waals surface area contributed by atoms with E-state index < -0.39 is 35.6 Å². The predicted octanol–water partition coefficient (Wildman–Crippen LogP) is 7.91. The minimum atomic E-state index is -4.92. The van der Waals surface area contributed by atoms with Crippen LogP contribution >= 0.6 is 0 Å². The van der Waals surface area contributed by atoms with Crippen LogP contribution in [0.3, 0.4) is 0 Å². The van der Waals surface area contributed by atoms with Crippen molar-refractivity contribution in [3.05, 3.63) is 95.1 Å². The lowest BCUT2D eigenvalue weighted by molar-refractivity contribution is -0.150. The Hall–Kier alpha value is -3.79.